The first-order valence-corrected chi connectivity index (χ1v) is 6.46. The molecule has 0 aliphatic carbocycles. The smallest absolute Gasteiger partial charge is 0.311 e. The molecule has 1 aromatic carbocycles. The highest BCUT2D eigenvalue weighted by Crippen LogP contribution is 2.17. The second-order valence-electron chi connectivity index (χ2n) is 4.46. The van der Waals surface area contributed by atoms with Gasteiger partial charge in [-0.1, -0.05) is 6.07 Å². The minimum Gasteiger partial charge on any atom is -0.466 e. The van der Waals surface area contributed by atoms with Gasteiger partial charge in [-0.2, -0.15) is 0 Å². The summed E-state index contributed by atoms with van der Waals surface area (Å²) in [5.74, 6) is -0.0466. The van der Waals surface area contributed by atoms with Crippen molar-refractivity contribution >= 4 is 11.9 Å². The summed E-state index contributed by atoms with van der Waals surface area (Å²) < 4.78 is 10.0. The minimum atomic E-state index is -0.325. The van der Waals surface area contributed by atoms with Crippen LogP contribution in [0.1, 0.15) is 37.3 Å². The predicted molar refractivity (Wildman–Crippen MR) is 72.0 cm³/mol. The number of esters is 2. The van der Waals surface area contributed by atoms with Crippen LogP contribution in [0.5, 0.6) is 5.75 Å². The van der Waals surface area contributed by atoms with Gasteiger partial charge in [-0.3, -0.25) is 9.59 Å². The molecule has 0 aromatic heterocycles. The van der Waals surface area contributed by atoms with Crippen molar-refractivity contribution in [3.05, 3.63) is 29.3 Å². The normalized spacial score (nSPS) is 10.1. The minimum absolute atomic E-state index is 0.214. The molecule has 0 saturated carbocycles. The summed E-state index contributed by atoms with van der Waals surface area (Å²) in [6.07, 6.45) is 0.907. The summed E-state index contributed by atoms with van der Waals surface area (Å²) >= 11 is 0. The van der Waals surface area contributed by atoms with Crippen LogP contribution < -0.4 is 4.74 Å². The van der Waals surface area contributed by atoms with E-state index in [0.29, 0.717) is 18.8 Å². The Morgan fingerprint density at radius 2 is 1.58 bits per heavy atom. The molecule has 0 saturated heterocycles. The van der Waals surface area contributed by atoms with Crippen molar-refractivity contribution in [2.75, 3.05) is 6.61 Å². The van der Waals surface area contributed by atoms with Crippen molar-refractivity contribution in [3.63, 3.8) is 0 Å². The van der Waals surface area contributed by atoms with E-state index in [1.54, 1.807) is 6.92 Å². The van der Waals surface area contributed by atoms with Crippen LogP contribution in [-0.4, -0.2) is 18.5 Å². The van der Waals surface area contributed by atoms with Gasteiger partial charge in [0.2, 0.25) is 0 Å². The fourth-order valence-corrected chi connectivity index (χ4v) is 1.78. The third-order valence-electron chi connectivity index (χ3n) is 2.49. The number of carbonyl (C=O) groups excluding carboxylic acids is 2. The van der Waals surface area contributed by atoms with Gasteiger partial charge < -0.3 is 9.47 Å². The van der Waals surface area contributed by atoms with Crippen LogP contribution in [0.15, 0.2) is 18.2 Å². The molecule has 1 aromatic rings. The fraction of sp³-hybridized carbons (Fsp3) is 0.467. The van der Waals surface area contributed by atoms with Crippen LogP contribution in [0.3, 0.4) is 0 Å². The average molecular weight is 264 g/mol. The van der Waals surface area contributed by atoms with Gasteiger partial charge in [0.05, 0.1) is 6.61 Å². The summed E-state index contributed by atoms with van der Waals surface area (Å²) in [6, 6.07) is 5.64. The molecule has 0 heterocycles. The van der Waals surface area contributed by atoms with E-state index in [1.807, 2.05) is 32.0 Å². The predicted octanol–water partition coefficient (Wildman–Crippen LogP) is 2.94. The van der Waals surface area contributed by atoms with E-state index < -0.39 is 0 Å². The first kappa shape index (κ1) is 15.2. The number of ether oxygens (including phenoxy) is 2. The number of benzene rings is 1. The van der Waals surface area contributed by atoms with E-state index in [0.717, 1.165) is 11.1 Å². The van der Waals surface area contributed by atoms with E-state index in [-0.39, 0.29) is 24.8 Å². The second-order valence-corrected chi connectivity index (χ2v) is 4.46. The Morgan fingerprint density at radius 1 is 1.00 bits per heavy atom. The molecular weight excluding hydrogens is 244 g/mol. The third-order valence-corrected chi connectivity index (χ3v) is 2.49. The van der Waals surface area contributed by atoms with E-state index in [9.17, 15) is 9.59 Å². The van der Waals surface area contributed by atoms with E-state index in [2.05, 4.69) is 0 Å². The summed E-state index contributed by atoms with van der Waals surface area (Å²) in [6.45, 7) is 6.02. The summed E-state index contributed by atoms with van der Waals surface area (Å²) in [5, 5.41) is 0. The van der Waals surface area contributed by atoms with E-state index in [1.165, 1.54) is 0 Å². The molecule has 104 valence electrons. The van der Waals surface area contributed by atoms with Crippen LogP contribution in [0.2, 0.25) is 0 Å². The fourth-order valence-electron chi connectivity index (χ4n) is 1.78. The second kappa shape index (κ2) is 7.56. The van der Waals surface area contributed by atoms with Crippen LogP contribution in [0, 0.1) is 13.8 Å². The van der Waals surface area contributed by atoms with Crippen molar-refractivity contribution < 1.29 is 19.1 Å². The molecule has 1 rings (SSSR count). The van der Waals surface area contributed by atoms with Crippen LogP contribution in [0.25, 0.3) is 0 Å². The molecule has 0 aliphatic heterocycles. The Balaban J connectivity index is 2.37. The maximum absolute atomic E-state index is 11.6. The van der Waals surface area contributed by atoms with E-state index >= 15 is 0 Å². The maximum atomic E-state index is 11.6. The van der Waals surface area contributed by atoms with Gasteiger partial charge >= 0.3 is 11.9 Å². The molecule has 0 radical (unpaired) electrons. The molecule has 0 aliphatic rings. The molecule has 4 heteroatoms. The van der Waals surface area contributed by atoms with Crippen LogP contribution in [-0.2, 0) is 14.3 Å². The Labute approximate surface area is 113 Å². The molecule has 19 heavy (non-hydrogen) atoms. The highest BCUT2D eigenvalue weighted by Gasteiger charge is 2.08. The van der Waals surface area contributed by atoms with Crippen LogP contribution >= 0.6 is 0 Å². The number of rotatable bonds is 6. The van der Waals surface area contributed by atoms with Gasteiger partial charge in [-0.25, -0.2) is 0 Å². The Hall–Kier alpha value is -1.84. The number of carbonyl (C=O) groups is 2. The molecule has 0 fully saturated rings. The molecular formula is C15H20O4. The zero-order chi connectivity index (χ0) is 14.3. The summed E-state index contributed by atoms with van der Waals surface area (Å²) in [4.78, 5) is 22.7. The lowest BCUT2D eigenvalue weighted by Gasteiger charge is -2.06. The average Bonchev–Trinajstić information content (AvgIpc) is 2.27. The molecule has 0 bridgehead atoms. The van der Waals surface area contributed by atoms with Gasteiger partial charge in [0.1, 0.15) is 5.75 Å². The SMILES string of the molecule is CCOC(=O)CCCC(=O)Oc1cc(C)cc(C)c1. The van der Waals surface area contributed by atoms with Crippen molar-refractivity contribution in [1.82, 2.24) is 0 Å². The van der Waals surface area contributed by atoms with E-state index in [4.69, 9.17) is 9.47 Å². The summed E-state index contributed by atoms with van der Waals surface area (Å²) in [7, 11) is 0. The lowest BCUT2D eigenvalue weighted by Crippen LogP contribution is -2.10. The third kappa shape index (κ3) is 6.04. The topological polar surface area (TPSA) is 52.6 Å². The van der Waals surface area contributed by atoms with Crippen molar-refractivity contribution in [3.8, 4) is 5.75 Å². The maximum Gasteiger partial charge on any atom is 0.311 e. The van der Waals surface area contributed by atoms with Crippen molar-refractivity contribution in [2.45, 2.75) is 40.0 Å². The highest BCUT2D eigenvalue weighted by molar-refractivity contribution is 5.74. The largest absolute Gasteiger partial charge is 0.466 e. The molecule has 0 unspecified atom stereocenters. The molecule has 4 nitrogen and oxygen atoms in total. The lowest BCUT2D eigenvalue weighted by molar-refractivity contribution is -0.143. The van der Waals surface area contributed by atoms with Crippen molar-refractivity contribution in [1.29, 1.82) is 0 Å². The Kier molecular flexibility index (Phi) is 6.06. The van der Waals surface area contributed by atoms with Gasteiger partial charge in [0.25, 0.3) is 0 Å². The standard InChI is InChI=1S/C15H20O4/c1-4-18-14(16)6-5-7-15(17)19-13-9-11(2)8-12(3)10-13/h8-10H,4-7H2,1-3H3. The summed E-state index contributed by atoms with van der Waals surface area (Å²) in [5.41, 5.74) is 2.10. The molecule has 0 amide bonds. The number of hydrogen-bond acceptors (Lipinski definition) is 4. The Morgan fingerprint density at radius 3 is 2.16 bits per heavy atom. The van der Waals surface area contributed by atoms with Gasteiger partial charge in [0.15, 0.2) is 0 Å². The van der Waals surface area contributed by atoms with Crippen LogP contribution in [0.4, 0.5) is 0 Å². The van der Waals surface area contributed by atoms with Gasteiger partial charge in [-0.15, -0.1) is 0 Å². The molecule has 0 N–H and O–H groups in total. The highest BCUT2D eigenvalue weighted by atomic mass is 16.5. The quantitative estimate of drug-likeness (QED) is 0.585. The Bertz CT molecular complexity index is 431. The molecule has 0 spiro atoms. The lowest BCUT2D eigenvalue weighted by atomic mass is 10.1. The van der Waals surface area contributed by atoms with Gasteiger partial charge in [-0.05, 0) is 50.5 Å². The van der Waals surface area contributed by atoms with Gasteiger partial charge in [0, 0.05) is 12.8 Å². The zero-order valence-electron chi connectivity index (χ0n) is 11.7. The number of aryl methyl sites for hydroxylation is 2. The first-order valence-electron chi connectivity index (χ1n) is 6.46. The first-order chi connectivity index (χ1) is 9.01. The molecule has 0 atom stereocenters. The zero-order valence-corrected chi connectivity index (χ0v) is 11.7. The number of hydrogen-bond donors (Lipinski definition) is 0. The van der Waals surface area contributed by atoms with Crippen molar-refractivity contribution in [2.24, 2.45) is 0 Å². The monoisotopic (exact) mass is 264 g/mol.